The van der Waals surface area contributed by atoms with Gasteiger partial charge in [0.05, 0.1) is 6.61 Å². The smallest absolute Gasteiger partial charge is 0.250 e. The second kappa shape index (κ2) is 7.94. The second-order valence-corrected chi connectivity index (χ2v) is 2.84. The number of carbonyl (C=O) groups excluding carboxylic acids is 1. The maximum Gasteiger partial charge on any atom is 0.250 e. The van der Waals surface area contributed by atoms with Crippen molar-refractivity contribution in [3.05, 3.63) is 36.2 Å². The molecule has 0 atom stereocenters. The summed E-state index contributed by atoms with van der Waals surface area (Å²) in [7, 11) is 0. The van der Waals surface area contributed by atoms with E-state index in [0.717, 1.165) is 0 Å². The molecule has 0 rings (SSSR count). The molecule has 0 spiro atoms. The molecule has 0 aliphatic rings. The van der Waals surface area contributed by atoms with E-state index in [0.29, 0.717) is 6.42 Å². The number of amides is 1. The van der Waals surface area contributed by atoms with Gasteiger partial charge in [-0.1, -0.05) is 13.5 Å². The SMILES string of the molecule is C=C(/C=C\C(F)=C/CC)C(=O)NCCO. The molecule has 0 unspecified atom stereocenters. The van der Waals surface area contributed by atoms with Crippen molar-refractivity contribution in [3.8, 4) is 0 Å². The maximum absolute atomic E-state index is 12.8. The van der Waals surface area contributed by atoms with Gasteiger partial charge in [0.2, 0.25) is 0 Å². The largest absolute Gasteiger partial charge is 0.395 e. The molecule has 0 saturated heterocycles. The number of halogens is 1. The Bertz CT molecular complexity index is 282. The third kappa shape index (κ3) is 6.62. The van der Waals surface area contributed by atoms with Gasteiger partial charge in [-0.3, -0.25) is 4.79 Å². The van der Waals surface area contributed by atoms with Gasteiger partial charge in [-0.15, -0.1) is 0 Å². The zero-order valence-electron chi connectivity index (χ0n) is 8.79. The first-order valence-corrected chi connectivity index (χ1v) is 4.73. The zero-order valence-corrected chi connectivity index (χ0v) is 8.79. The predicted octanol–water partition coefficient (Wildman–Crippen LogP) is 1.47. The van der Waals surface area contributed by atoms with Gasteiger partial charge in [-0.25, -0.2) is 4.39 Å². The third-order valence-electron chi connectivity index (χ3n) is 1.53. The first kappa shape index (κ1) is 13.6. The van der Waals surface area contributed by atoms with Crippen molar-refractivity contribution >= 4 is 5.91 Å². The van der Waals surface area contributed by atoms with Gasteiger partial charge in [0.15, 0.2) is 0 Å². The fourth-order valence-corrected chi connectivity index (χ4v) is 0.802. The quantitative estimate of drug-likeness (QED) is 0.518. The summed E-state index contributed by atoms with van der Waals surface area (Å²) in [6.45, 7) is 5.31. The molecule has 15 heavy (non-hydrogen) atoms. The fraction of sp³-hybridized carbons (Fsp3) is 0.364. The van der Waals surface area contributed by atoms with Crippen molar-refractivity contribution in [1.82, 2.24) is 5.32 Å². The van der Waals surface area contributed by atoms with E-state index in [2.05, 4.69) is 11.9 Å². The molecular weight excluding hydrogens is 197 g/mol. The number of nitrogens with one attached hydrogen (secondary N) is 1. The van der Waals surface area contributed by atoms with Crippen LogP contribution in [-0.4, -0.2) is 24.2 Å². The number of allylic oxidation sites excluding steroid dienone is 3. The summed E-state index contributed by atoms with van der Waals surface area (Å²) < 4.78 is 12.8. The first-order valence-electron chi connectivity index (χ1n) is 4.73. The topological polar surface area (TPSA) is 49.3 Å². The summed E-state index contributed by atoms with van der Waals surface area (Å²) in [5.41, 5.74) is 0.156. The summed E-state index contributed by atoms with van der Waals surface area (Å²) in [5.74, 6) is -0.807. The first-order chi connectivity index (χ1) is 7.11. The average Bonchev–Trinajstić information content (AvgIpc) is 2.22. The molecule has 0 saturated carbocycles. The van der Waals surface area contributed by atoms with Crippen molar-refractivity contribution in [2.75, 3.05) is 13.2 Å². The van der Waals surface area contributed by atoms with Gasteiger partial charge >= 0.3 is 0 Å². The standard InChI is InChI=1S/C11H16FNO2/c1-3-4-10(12)6-5-9(2)11(15)13-7-8-14/h4-6,14H,2-3,7-8H2,1H3,(H,13,15)/b6-5-,10-4+. The van der Waals surface area contributed by atoms with Crippen LogP contribution in [0.4, 0.5) is 4.39 Å². The Balaban J connectivity index is 4.12. The molecule has 0 aromatic carbocycles. The Hall–Kier alpha value is -1.42. The van der Waals surface area contributed by atoms with Crippen LogP contribution >= 0.6 is 0 Å². The van der Waals surface area contributed by atoms with Crippen molar-refractivity contribution in [2.45, 2.75) is 13.3 Å². The van der Waals surface area contributed by atoms with Gasteiger partial charge in [0.1, 0.15) is 5.83 Å². The summed E-state index contributed by atoms with van der Waals surface area (Å²) in [6.07, 6.45) is 4.48. The summed E-state index contributed by atoms with van der Waals surface area (Å²) in [4.78, 5) is 11.2. The fourth-order valence-electron chi connectivity index (χ4n) is 0.802. The number of hydrogen-bond acceptors (Lipinski definition) is 2. The van der Waals surface area contributed by atoms with Crippen LogP contribution in [0, 0.1) is 0 Å². The summed E-state index contributed by atoms with van der Waals surface area (Å²) in [5, 5.41) is 10.9. The molecular formula is C11H16FNO2. The molecule has 0 radical (unpaired) electrons. The van der Waals surface area contributed by atoms with E-state index >= 15 is 0 Å². The molecule has 0 bridgehead atoms. The van der Waals surface area contributed by atoms with Crippen LogP contribution in [0.25, 0.3) is 0 Å². The van der Waals surface area contributed by atoms with E-state index in [9.17, 15) is 9.18 Å². The Labute approximate surface area is 89.0 Å². The van der Waals surface area contributed by atoms with Crippen LogP contribution in [0.5, 0.6) is 0 Å². The monoisotopic (exact) mass is 213 g/mol. The van der Waals surface area contributed by atoms with E-state index in [-0.39, 0.29) is 18.7 Å². The van der Waals surface area contributed by atoms with Crippen LogP contribution in [0.15, 0.2) is 36.2 Å². The highest BCUT2D eigenvalue weighted by molar-refractivity contribution is 5.95. The third-order valence-corrected chi connectivity index (χ3v) is 1.53. The average molecular weight is 213 g/mol. The highest BCUT2D eigenvalue weighted by Gasteiger charge is 2.01. The van der Waals surface area contributed by atoms with Gasteiger partial charge in [0.25, 0.3) is 5.91 Å². The van der Waals surface area contributed by atoms with Crippen molar-refractivity contribution in [1.29, 1.82) is 0 Å². The van der Waals surface area contributed by atoms with Crippen molar-refractivity contribution in [2.24, 2.45) is 0 Å². The molecule has 0 aromatic rings. The lowest BCUT2D eigenvalue weighted by Gasteiger charge is -2.01. The lowest BCUT2D eigenvalue weighted by molar-refractivity contribution is -0.117. The molecule has 84 valence electrons. The normalized spacial score (nSPS) is 11.8. The lowest BCUT2D eigenvalue weighted by Crippen LogP contribution is -2.26. The van der Waals surface area contributed by atoms with E-state index in [1.54, 1.807) is 0 Å². The minimum absolute atomic E-state index is 0.132. The van der Waals surface area contributed by atoms with E-state index in [4.69, 9.17) is 5.11 Å². The highest BCUT2D eigenvalue weighted by atomic mass is 19.1. The number of hydrogen-bond donors (Lipinski definition) is 2. The minimum atomic E-state index is -0.412. The van der Waals surface area contributed by atoms with Crippen LogP contribution < -0.4 is 5.32 Å². The predicted molar refractivity (Wildman–Crippen MR) is 57.9 cm³/mol. The zero-order chi connectivity index (χ0) is 11.7. The van der Waals surface area contributed by atoms with Crippen LogP contribution in [0.1, 0.15) is 13.3 Å². The number of rotatable bonds is 6. The van der Waals surface area contributed by atoms with E-state index in [1.165, 1.54) is 18.2 Å². The van der Waals surface area contributed by atoms with Gasteiger partial charge < -0.3 is 10.4 Å². The molecule has 0 aliphatic heterocycles. The molecule has 4 heteroatoms. The molecule has 0 fully saturated rings. The van der Waals surface area contributed by atoms with E-state index in [1.807, 2.05) is 6.92 Å². The highest BCUT2D eigenvalue weighted by Crippen LogP contribution is 2.03. The lowest BCUT2D eigenvalue weighted by atomic mass is 10.2. The Morgan fingerprint density at radius 3 is 2.73 bits per heavy atom. The Kier molecular flexibility index (Phi) is 7.18. The number of aliphatic hydroxyl groups excluding tert-OH is 1. The van der Waals surface area contributed by atoms with Crippen LogP contribution in [0.3, 0.4) is 0 Å². The molecule has 0 heterocycles. The van der Waals surface area contributed by atoms with Crippen LogP contribution in [0.2, 0.25) is 0 Å². The summed E-state index contributed by atoms with van der Waals surface area (Å²) >= 11 is 0. The molecule has 1 amide bonds. The Morgan fingerprint density at radius 1 is 1.53 bits per heavy atom. The minimum Gasteiger partial charge on any atom is -0.395 e. The summed E-state index contributed by atoms with van der Waals surface area (Å²) in [6, 6.07) is 0. The van der Waals surface area contributed by atoms with Gasteiger partial charge in [-0.2, -0.15) is 0 Å². The molecule has 2 N–H and O–H groups in total. The van der Waals surface area contributed by atoms with Crippen molar-refractivity contribution < 1.29 is 14.3 Å². The number of aliphatic hydroxyl groups is 1. The number of carbonyl (C=O) groups is 1. The molecule has 0 aliphatic carbocycles. The second-order valence-electron chi connectivity index (χ2n) is 2.84. The van der Waals surface area contributed by atoms with Gasteiger partial charge in [0, 0.05) is 12.1 Å². The molecule has 0 aromatic heterocycles. The van der Waals surface area contributed by atoms with E-state index < -0.39 is 11.7 Å². The maximum atomic E-state index is 12.8. The van der Waals surface area contributed by atoms with Crippen LogP contribution in [-0.2, 0) is 4.79 Å². The Morgan fingerprint density at radius 2 is 2.20 bits per heavy atom. The molecule has 3 nitrogen and oxygen atoms in total. The van der Waals surface area contributed by atoms with Gasteiger partial charge in [-0.05, 0) is 24.6 Å². The van der Waals surface area contributed by atoms with Crippen molar-refractivity contribution in [3.63, 3.8) is 0 Å².